The lowest BCUT2D eigenvalue weighted by molar-refractivity contribution is -0.146. The predicted molar refractivity (Wildman–Crippen MR) is 175 cm³/mol. The zero-order valence-electron chi connectivity index (χ0n) is 26.2. The number of anilines is 1. The molecule has 1 spiro atoms. The molecule has 2 N–H and O–H groups in total. The van der Waals surface area contributed by atoms with Crippen LogP contribution in [0.4, 0.5) is 5.69 Å². The van der Waals surface area contributed by atoms with Gasteiger partial charge in [-0.3, -0.25) is 19.2 Å². The Bertz CT molecular complexity index is 1580. The molecule has 6 rings (SSSR count). The van der Waals surface area contributed by atoms with E-state index in [-0.39, 0.29) is 26.2 Å². The van der Waals surface area contributed by atoms with Gasteiger partial charge >= 0.3 is 5.97 Å². The van der Waals surface area contributed by atoms with E-state index in [0.717, 1.165) is 5.56 Å². The normalized spacial score (nSPS) is 30.8. The molecule has 7 atom stereocenters. The van der Waals surface area contributed by atoms with Crippen LogP contribution >= 0.6 is 15.9 Å². The van der Waals surface area contributed by atoms with E-state index in [9.17, 15) is 24.3 Å². The zero-order valence-corrected chi connectivity index (χ0v) is 27.8. The number of nitrogens with one attached hydrogen (secondary N) is 1. The Labute approximate surface area is 281 Å². The maximum Gasteiger partial charge on any atom is 0.306 e. The van der Waals surface area contributed by atoms with Gasteiger partial charge in [0.2, 0.25) is 11.8 Å². The molecule has 2 fully saturated rings. The van der Waals surface area contributed by atoms with Crippen molar-refractivity contribution in [3.8, 4) is 5.75 Å². The fourth-order valence-corrected chi connectivity index (χ4v) is 7.93. The zero-order chi connectivity index (χ0) is 33.3. The summed E-state index contributed by atoms with van der Waals surface area (Å²) in [5.74, 6) is -3.17. The number of likely N-dealkylation sites (tertiary alicyclic amines) is 1. The largest absolute Gasteiger partial charge is 0.497 e. The van der Waals surface area contributed by atoms with E-state index < -0.39 is 65.4 Å². The SMILES string of the molecule is CC[C@@H](CO)N1C(=O)[C@@H]2[C@H]3C(=O)N[C@@H](c4ccccc4)COC(=O)CC/C=C\CN(c4ccc(OC)cc4)C(=O)[C@@H]1[C@]21C=C(Br)[C@H]3O1. The highest BCUT2D eigenvalue weighted by Crippen LogP contribution is 2.59. The third kappa shape index (κ3) is 5.87. The summed E-state index contributed by atoms with van der Waals surface area (Å²) in [5, 5.41) is 13.5. The number of allylic oxidation sites excluding steroid dienone is 1. The molecule has 4 aliphatic rings. The van der Waals surface area contributed by atoms with Crippen LogP contribution in [0.3, 0.4) is 0 Å². The lowest BCUT2D eigenvalue weighted by atomic mass is 9.74. The minimum atomic E-state index is -1.47. The Morgan fingerprint density at radius 2 is 1.81 bits per heavy atom. The predicted octanol–water partition coefficient (Wildman–Crippen LogP) is 3.42. The van der Waals surface area contributed by atoms with Crippen molar-refractivity contribution in [3.05, 3.63) is 82.9 Å². The summed E-state index contributed by atoms with van der Waals surface area (Å²) in [6, 6.07) is 13.6. The Morgan fingerprint density at radius 3 is 2.49 bits per heavy atom. The molecule has 4 aliphatic heterocycles. The molecular formula is C35H38BrN3O8. The van der Waals surface area contributed by atoms with Crippen molar-refractivity contribution in [2.24, 2.45) is 11.8 Å². The second-order valence-electron chi connectivity index (χ2n) is 12.1. The van der Waals surface area contributed by atoms with Gasteiger partial charge < -0.3 is 34.4 Å². The van der Waals surface area contributed by atoms with E-state index in [1.807, 2.05) is 43.3 Å². The van der Waals surface area contributed by atoms with Crippen LogP contribution in [0.2, 0.25) is 0 Å². The highest BCUT2D eigenvalue weighted by atomic mass is 79.9. The van der Waals surface area contributed by atoms with Gasteiger partial charge in [-0.1, -0.05) is 65.3 Å². The molecule has 0 aromatic heterocycles. The summed E-state index contributed by atoms with van der Waals surface area (Å²) in [4.78, 5) is 59.5. The Hall–Kier alpha value is -4.00. The number of ether oxygens (including phenoxy) is 3. The van der Waals surface area contributed by atoms with E-state index in [2.05, 4.69) is 21.2 Å². The number of aliphatic hydroxyl groups is 1. The van der Waals surface area contributed by atoms with E-state index in [1.165, 1.54) is 4.90 Å². The molecule has 248 valence electrons. The van der Waals surface area contributed by atoms with Crippen LogP contribution in [0, 0.1) is 11.8 Å². The second-order valence-corrected chi connectivity index (χ2v) is 13.0. The summed E-state index contributed by atoms with van der Waals surface area (Å²) in [5.41, 5.74) is -0.189. The molecular weight excluding hydrogens is 670 g/mol. The number of esters is 1. The highest BCUT2D eigenvalue weighted by molar-refractivity contribution is 9.11. The lowest BCUT2D eigenvalue weighted by Crippen LogP contribution is -2.58. The lowest BCUT2D eigenvalue weighted by Gasteiger charge is -2.38. The van der Waals surface area contributed by atoms with Gasteiger partial charge in [-0.05, 0) is 48.7 Å². The Kier molecular flexibility index (Phi) is 9.54. The number of aliphatic hydroxyl groups excluding tert-OH is 1. The number of benzene rings is 2. The van der Waals surface area contributed by atoms with Gasteiger partial charge in [0.25, 0.3) is 5.91 Å². The molecule has 0 radical (unpaired) electrons. The minimum Gasteiger partial charge on any atom is -0.497 e. The summed E-state index contributed by atoms with van der Waals surface area (Å²) in [6.07, 6.45) is 5.41. The first-order valence-electron chi connectivity index (χ1n) is 15.8. The number of halogens is 1. The van der Waals surface area contributed by atoms with Gasteiger partial charge in [-0.25, -0.2) is 0 Å². The van der Waals surface area contributed by atoms with Crippen molar-refractivity contribution in [2.45, 2.75) is 56.0 Å². The van der Waals surface area contributed by atoms with Crippen LogP contribution in [0.25, 0.3) is 0 Å². The highest BCUT2D eigenvalue weighted by Gasteiger charge is 2.75. The molecule has 0 saturated carbocycles. The van der Waals surface area contributed by atoms with Crippen LogP contribution < -0.4 is 15.0 Å². The van der Waals surface area contributed by atoms with Crippen molar-refractivity contribution in [3.63, 3.8) is 0 Å². The van der Waals surface area contributed by atoms with E-state index in [0.29, 0.717) is 28.8 Å². The van der Waals surface area contributed by atoms with E-state index in [1.54, 1.807) is 48.4 Å². The Balaban J connectivity index is 1.47. The molecule has 2 saturated heterocycles. The van der Waals surface area contributed by atoms with Crippen molar-refractivity contribution in [1.29, 1.82) is 0 Å². The number of carbonyl (C=O) groups is 4. The smallest absolute Gasteiger partial charge is 0.306 e. The fraction of sp³-hybridized carbons (Fsp3) is 0.429. The maximum absolute atomic E-state index is 14.9. The molecule has 12 heteroatoms. The van der Waals surface area contributed by atoms with Gasteiger partial charge in [0.1, 0.15) is 30.1 Å². The summed E-state index contributed by atoms with van der Waals surface area (Å²) in [6.45, 7) is 1.50. The van der Waals surface area contributed by atoms with Gasteiger partial charge in [-0.15, -0.1) is 0 Å². The number of methoxy groups -OCH3 is 1. The van der Waals surface area contributed by atoms with E-state index >= 15 is 0 Å². The van der Waals surface area contributed by atoms with Gasteiger partial charge in [0.15, 0.2) is 0 Å². The van der Waals surface area contributed by atoms with Crippen LogP contribution in [-0.4, -0.2) is 84.4 Å². The number of amides is 3. The molecule has 2 aromatic rings. The topological polar surface area (TPSA) is 135 Å². The number of rotatable bonds is 6. The monoisotopic (exact) mass is 707 g/mol. The Morgan fingerprint density at radius 1 is 1.06 bits per heavy atom. The molecule has 0 unspecified atom stereocenters. The van der Waals surface area contributed by atoms with Crippen LogP contribution in [0.15, 0.2) is 77.3 Å². The molecule has 2 aromatic carbocycles. The number of fused-ring (bicyclic) bond motifs is 2. The van der Waals surface area contributed by atoms with Crippen molar-refractivity contribution >= 4 is 45.3 Å². The molecule has 3 amide bonds. The van der Waals surface area contributed by atoms with Crippen LogP contribution in [-0.2, 0) is 28.7 Å². The summed E-state index contributed by atoms with van der Waals surface area (Å²) >= 11 is 3.59. The van der Waals surface area contributed by atoms with Crippen molar-refractivity contribution in [2.75, 3.05) is 31.8 Å². The third-order valence-corrected chi connectivity index (χ3v) is 10.2. The number of hydrogen-bond acceptors (Lipinski definition) is 8. The van der Waals surface area contributed by atoms with Gasteiger partial charge in [0.05, 0.1) is 37.6 Å². The molecule has 4 heterocycles. The first kappa shape index (κ1) is 32.9. The first-order chi connectivity index (χ1) is 22.7. The number of carbonyl (C=O) groups excluding carboxylic acids is 4. The number of hydrogen-bond donors (Lipinski definition) is 2. The summed E-state index contributed by atoms with van der Waals surface area (Å²) < 4.78 is 18.1. The average molecular weight is 709 g/mol. The molecule has 47 heavy (non-hydrogen) atoms. The third-order valence-electron chi connectivity index (χ3n) is 9.53. The van der Waals surface area contributed by atoms with Gasteiger partial charge in [0, 0.05) is 23.1 Å². The fourth-order valence-electron chi connectivity index (χ4n) is 7.20. The quantitative estimate of drug-likeness (QED) is 0.345. The standard InChI is InChI=1S/C35H38BrN3O8/c1-3-22(19-40)39-31-34(44)38(23-13-15-24(45-2)16-14-23)17-9-5-8-12-27(41)46-20-26(21-10-6-4-7-11-21)37-32(42)28-29(33(39)43)35(31)18-25(36)30(28)47-35/h4-7,9-11,13-16,18,22,26,28-31,40H,3,8,12,17,19-20H2,1-2H3,(H,37,42)/b9-5-/t22-,26+,28+,29-,30+,31+,35-/m0/s1. The number of nitrogens with zero attached hydrogens (tertiary/aromatic N) is 2. The van der Waals surface area contributed by atoms with E-state index in [4.69, 9.17) is 14.2 Å². The minimum absolute atomic E-state index is 0.0990. The average Bonchev–Trinajstić information content (AvgIpc) is 3.68. The molecule has 0 aliphatic carbocycles. The second kappa shape index (κ2) is 13.6. The van der Waals surface area contributed by atoms with Crippen LogP contribution in [0.1, 0.15) is 37.8 Å². The molecule has 11 nitrogen and oxygen atoms in total. The molecule has 5 bridgehead atoms. The summed E-state index contributed by atoms with van der Waals surface area (Å²) in [7, 11) is 1.55. The first-order valence-corrected chi connectivity index (χ1v) is 16.6. The van der Waals surface area contributed by atoms with Crippen LogP contribution in [0.5, 0.6) is 5.75 Å². The maximum atomic E-state index is 14.9. The van der Waals surface area contributed by atoms with Gasteiger partial charge in [-0.2, -0.15) is 0 Å². The number of cyclic esters (lactones) is 1. The van der Waals surface area contributed by atoms with Crippen molar-refractivity contribution in [1.82, 2.24) is 10.2 Å². The van der Waals surface area contributed by atoms with Crippen molar-refractivity contribution < 1.29 is 38.5 Å².